The van der Waals surface area contributed by atoms with Gasteiger partial charge in [-0.1, -0.05) is 54.6 Å². The molecule has 0 heterocycles. The van der Waals surface area contributed by atoms with E-state index in [1.165, 1.54) is 5.56 Å². The van der Waals surface area contributed by atoms with Crippen LogP contribution in [0, 0.1) is 6.57 Å². The minimum Gasteiger partial charge on any atom is -0.238 e. The van der Waals surface area contributed by atoms with Crippen molar-refractivity contribution in [2.75, 3.05) is 0 Å². The molecule has 0 N–H and O–H groups in total. The third-order valence-electron chi connectivity index (χ3n) is 2.35. The number of rotatable bonds is 2. The Morgan fingerprint density at radius 1 is 0.867 bits per heavy atom. The van der Waals surface area contributed by atoms with Crippen LogP contribution in [0.5, 0.6) is 0 Å². The summed E-state index contributed by atoms with van der Waals surface area (Å²) in [5, 5.41) is 0. The van der Waals surface area contributed by atoms with Crippen molar-refractivity contribution in [3.63, 3.8) is 0 Å². The monoisotopic (exact) mass is 193 g/mol. The Balaban J connectivity index is 2.29. The van der Waals surface area contributed by atoms with Gasteiger partial charge in [0.1, 0.15) is 0 Å². The number of para-hydroxylation sites is 1. The summed E-state index contributed by atoms with van der Waals surface area (Å²) in [6.45, 7) is 7.08. The van der Waals surface area contributed by atoms with Gasteiger partial charge in [0.25, 0.3) is 0 Å². The van der Waals surface area contributed by atoms with E-state index in [-0.39, 0.29) is 0 Å². The van der Waals surface area contributed by atoms with E-state index < -0.39 is 0 Å². The Bertz CT molecular complexity index is 480. The van der Waals surface area contributed by atoms with Crippen LogP contribution < -0.4 is 0 Å². The van der Waals surface area contributed by atoms with Gasteiger partial charge in [-0.3, -0.25) is 0 Å². The molecule has 0 spiro atoms. The molecular formula is C14H11N. The second-order valence-electron chi connectivity index (χ2n) is 3.40. The lowest BCUT2D eigenvalue weighted by molar-refractivity contribution is 1.20. The molecule has 0 unspecified atom stereocenters. The fourth-order valence-corrected chi connectivity index (χ4v) is 1.59. The minimum atomic E-state index is 0.751. The van der Waals surface area contributed by atoms with Crippen LogP contribution in [0.1, 0.15) is 11.1 Å². The maximum absolute atomic E-state index is 7.08. The zero-order valence-corrected chi connectivity index (χ0v) is 8.35. The van der Waals surface area contributed by atoms with E-state index in [1.807, 2.05) is 42.5 Å². The molecule has 0 aliphatic carbocycles. The van der Waals surface area contributed by atoms with E-state index in [9.17, 15) is 0 Å². The SMILES string of the molecule is [C-]#[N+]c1ccccc1Cc1ccccc1. The summed E-state index contributed by atoms with van der Waals surface area (Å²) in [5.41, 5.74) is 3.09. The highest BCUT2D eigenvalue weighted by atomic mass is 14.6. The number of hydrogen-bond acceptors (Lipinski definition) is 0. The standard InChI is InChI=1S/C14H11N/c1-15-14-10-6-5-9-13(14)11-12-7-3-2-4-8-12/h2-10H,11H2. The average molecular weight is 193 g/mol. The summed E-state index contributed by atoms with van der Waals surface area (Å²) in [4.78, 5) is 3.52. The average Bonchev–Trinajstić information content (AvgIpc) is 2.31. The molecular weight excluding hydrogens is 182 g/mol. The lowest BCUT2D eigenvalue weighted by atomic mass is 10.0. The van der Waals surface area contributed by atoms with Crippen LogP contribution in [-0.2, 0) is 6.42 Å². The van der Waals surface area contributed by atoms with Crippen molar-refractivity contribution in [3.05, 3.63) is 77.1 Å². The van der Waals surface area contributed by atoms with Crippen molar-refractivity contribution in [1.82, 2.24) is 0 Å². The van der Waals surface area contributed by atoms with Crippen LogP contribution in [0.2, 0.25) is 0 Å². The van der Waals surface area contributed by atoms with Gasteiger partial charge in [-0.15, -0.1) is 0 Å². The highest BCUT2D eigenvalue weighted by molar-refractivity contribution is 5.53. The van der Waals surface area contributed by atoms with Crippen molar-refractivity contribution in [1.29, 1.82) is 0 Å². The smallest absolute Gasteiger partial charge is 0.190 e. The molecule has 2 aromatic carbocycles. The summed E-state index contributed by atoms with van der Waals surface area (Å²) >= 11 is 0. The van der Waals surface area contributed by atoms with Gasteiger partial charge in [0.2, 0.25) is 0 Å². The molecule has 72 valence electrons. The third-order valence-corrected chi connectivity index (χ3v) is 2.35. The molecule has 0 saturated heterocycles. The number of benzene rings is 2. The van der Waals surface area contributed by atoms with Crippen LogP contribution in [0.3, 0.4) is 0 Å². The van der Waals surface area contributed by atoms with E-state index in [0.717, 1.165) is 17.7 Å². The second-order valence-corrected chi connectivity index (χ2v) is 3.40. The summed E-state index contributed by atoms with van der Waals surface area (Å²) in [7, 11) is 0. The Morgan fingerprint density at radius 2 is 1.53 bits per heavy atom. The second kappa shape index (κ2) is 4.43. The summed E-state index contributed by atoms with van der Waals surface area (Å²) < 4.78 is 0. The summed E-state index contributed by atoms with van der Waals surface area (Å²) in [6, 6.07) is 18.0. The molecule has 0 fully saturated rings. The van der Waals surface area contributed by atoms with Gasteiger partial charge in [0.15, 0.2) is 5.69 Å². The molecule has 0 radical (unpaired) electrons. The highest BCUT2D eigenvalue weighted by Gasteiger charge is 2.01. The molecule has 1 nitrogen and oxygen atoms in total. The van der Waals surface area contributed by atoms with Crippen LogP contribution in [0.15, 0.2) is 54.6 Å². The Morgan fingerprint density at radius 3 is 2.27 bits per heavy atom. The van der Waals surface area contributed by atoms with Gasteiger partial charge in [-0.2, -0.15) is 0 Å². The van der Waals surface area contributed by atoms with Crippen molar-refractivity contribution in [3.8, 4) is 0 Å². The molecule has 0 amide bonds. The molecule has 0 aliphatic rings. The van der Waals surface area contributed by atoms with Crippen molar-refractivity contribution in [2.24, 2.45) is 0 Å². The van der Waals surface area contributed by atoms with Gasteiger partial charge < -0.3 is 0 Å². The van der Waals surface area contributed by atoms with Gasteiger partial charge in [-0.25, -0.2) is 4.85 Å². The van der Waals surface area contributed by atoms with E-state index in [2.05, 4.69) is 17.0 Å². The largest absolute Gasteiger partial charge is 0.238 e. The lowest BCUT2D eigenvalue weighted by Gasteiger charge is -2.03. The first-order valence-corrected chi connectivity index (χ1v) is 4.89. The van der Waals surface area contributed by atoms with Crippen molar-refractivity contribution >= 4 is 5.69 Å². The summed E-state index contributed by atoms with van der Waals surface area (Å²) in [6.07, 6.45) is 0.833. The number of nitrogens with zero attached hydrogens (tertiary/aromatic N) is 1. The molecule has 0 bridgehead atoms. The normalized spacial score (nSPS) is 9.53. The van der Waals surface area contributed by atoms with Gasteiger partial charge in [-0.05, 0) is 17.5 Å². The Labute approximate surface area is 89.8 Å². The van der Waals surface area contributed by atoms with Gasteiger partial charge >= 0.3 is 0 Å². The molecule has 0 atom stereocenters. The van der Waals surface area contributed by atoms with E-state index in [4.69, 9.17) is 6.57 Å². The maximum atomic E-state index is 7.08. The van der Waals surface area contributed by atoms with Crippen LogP contribution in [-0.4, -0.2) is 0 Å². The van der Waals surface area contributed by atoms with Crippen LogP contribution in [0.4, 0.5) is 5.69 Å². The molecule has 0 aromatic heterocycles. The predicted molar refractivity (Wildman–Crippen MR) is 62.0 cm³/mol. The fraction of sp³-hybridized carbons (Fsp3) is 0.0714. The van der Waals surface area contributed by atoms with E-state index >= 15 is 0 Å². The van der Waals surface area contributed by atoms with Crippen LogP contribution >= 0.6 is 0 Å². The quantitative estimate of drug-likeness (QED) is 0.638. The van der Waals surface area contributed by atoms with Gasteiger partial charge in [0, 0.05) is 0 Å². The third kappa shape index (κ3) is 2.24. The molecule has 1 heteroatoms. The molecule has 15 heavy (non-hydrogen) atoms. The first-order valence-electron chi connectivity index (χ1n) is 4.89. The molecule has 2 aromatic rings. The maximum Gasteiger partial charge on any atom is 0.190 e. The molecule has 0 saturated carbocycles. The Hall–Kier alpha value is -2.07. The van der Waals surface area contributed by atoms with E-state index in [0.29, 0.717) is 0 Å². The Kier molecular flexibility index (Phi) is 2.80. The molecule has 2 rings (SSSR count). The fourth-order valence-electron chi connectivity index (χ4n) is 1.59. The first-order chi connectivity index (χ1) is 7.40. The van der Waals surface area contributed by atoms with Crippen LogP contribution in [0.25, 0.3) is 4.85 Å². The zero-order chi connectivity index (χ0) is 10.5. The molecule has 0 aliphatic heterocycles. The highest BCUT2D eigenvalue weighted by Crippen LogP contribution is 2.21. The van der Waals surface area contributed by atoms with Gasteiger partial charge in [0.05, 0.1) is 6.57 Å². The minimum absolute atomic E-state index is 0.751. The topological polar surface area (TPSA) is 4.36 Å². The summed E-state index contributed by atoms with van der Waals surface area (Å²) in [5.74, 6) is 0. The lowest BCUT2D eigenvalue weighted by Crippen LogP contribution is -1.87. The van der Waals surface area contributed by atoms with Crippen molar-refractivity contribution in [2.45, 2.75) is 6.42 Å². The number of hydrogen-bond donors (Lipinski definition) is 0. The van der Waals surface area contributed by atoms with Crippen molar-refractivity contribution < 1.29 is 0 Å². The van der Waals surface area contributed by atoms with E-state index in [1.54, 1.807) is 0 Å². The predicted octanol–water partition coefficient (Wildman–Crippen LogP) is 3.83. The zero-order valence-electron chi connectivity index (χ0n) is 8.35. The first kappa shape index (κ1) is 9.48.